The molecule has 0 spiro atoms. The molecule has 108 valence electrons. The molecule has 20 heavy (non-hydrogen) atoms. The van der Waals surface area contributed by atoms with Crippen molar-refractivity contribution < 1.29 is 4.39 Å². The van der Waals surface area contributed by atoms with Gasteiger partial charge in [0.2, 0.25) is 0 Å². The summed E-state index contributed by atoms with van der Waals surface area (Å²) in [6, 6.07) is 5.28. The van der Waals surface area contributed by atoms with Gasteiger partial charge in [0.05, 0.1) is 17.8 Å². The zero-order chi connectivity index (χ0) is 14.7. The van der Waals surface area contributed by atoms with Crippen LogP contribution in [-0.4, -0.2) is 15.8 Å². The minimum Gasteiger partial charge on any atom is -0.310 e. The topological polar surface area (TPSA) is 29.9 Å². The molecule has 1 N–H and O–H groups in total. The van der Waals surface area contributed by atoms with Gasteiger partial charge in [-0.15, -0.1) is 0 Å². The summed E-state index contributed by atoms with van der Waals surface area (Å²) < 4.78 is 15.3. The largest absolute Gasteiger partial charge is 0.310 e. The van der Waals surface area contributed by atoms with E-state index < -0.39 is 5.82 Å². The average molecular weight is 296 g/mol. The van der Waals surface area contributed by atoms with Crippen LogP contribution in [0.1, 0.15) is 30.7 Å². The molecule has 0 bridgehead atoms. The minimum atomic E-state index is -0.393. The molecule has 2 rings (SSSR count). The Kier molecular flexibility index (Phi) is 4.78. The van der Waals surface area contributed by atoms with Crippen LogP contribution in [0.4, 0.5) is 4.39 Å². The van der Waals surface area contributed by atoms with Crippen LogP contribution in [0.3, 0.4) is 0 Å². The molecule has 5 heteroatoms. The lowest BCUT2D eigenvalue weighted by molar-refractivity contribution is 0.584. The van der Waals surface area contributed by atoms with Gasteiger partial charge in [-0.25, -0.2) is 4.39 Å². The zero-order valence-electron chi connectivity index (χ0n) is 12.0. The molecule has 0 aliphatic carbocycles. The summed E-state index contributed by atoms with van der Waals surface area (Å²) in [5.41, 5.74) is 3.10. The fraction of sp³-hybridized carbons (Fsp3) is 0.400. The molecule has 0 amide bonds. The second-order valence-electron chi connectivity index (χ2n) is 5.20. The Morgan fingerprint density at radius 3 is 2.80 bits per heavy atom. The van der Waals surface area contributed by atoms with Crippen LogP contribution in [0, 0.1) is 12.7 Å². The highest BCUT2D eigenvalue weighted by Gasteiger charge is 2.08. The number of nitrogens with zero attached hydrogens (tertiary/aromatic N) is 2. The lowest BCUT2D eigenvalue weighted by atomic mass is 10.2. The first-order chi connectivity index (χ1) is 9.47. The lowest BCUT2D eigenvalue weighted by Crippen LogP contribution is -2.22. The van der Waals surface area contributed by atoms with Gasteiger partial charge in [0.15, 0.2) is 0 Å². The van der Waals surface area contributed by atoms with Crippen LogP contribution in [0.5, 0.6) is 0 Å². The number of rotatable bonds is 5. The SMILES string of the molecule is Cc1c(CNC(C)C)cnn1Cc1ccc(Cl)c(F)c1. The maximum absolute atomic E-state index is 13.4. The second-order valence-corrected chi connectivity index (χ2v) is 5.60. The number of hydrogen-bond donors (Lipinski definition) is 1. The fourth-order valence-electron chi connectivity index (χ4n) is 1.94. The first-order valence-corrected chi connectivity index (χ1v) is 7.03. The van der Waals surface area contributed by atoms with E-state index in [9.17, 15) is 4.39 Å². The quantitative estimate of drug-likeness (QED) is 0.914. The molecule has 1 aromatic carbocycles. The van der Waals surface area contributed by atoms with Crippen LogP contribution in [-0.2, 0) is 13.1 Å². The second kappa shape index (κ2) is 6.37. The number of benzene rings is 1. The van der Waals surface area contributed by atoms with Gasteiger partial charge in [0, 0.05) is 23.8 Å². The molecular weight excluding hydrogens is 277 g/mol. The Balaban J connectivity index is 2.11. The molecule has 1 heterocycles. The van der Waals surface area contributed by atoms with Gasteiger partial charge < -0.3 is 5.32 Å². The van der Waals surface area contributed by atoms with Crippen molar-refractivity contribution in [1.29, 1.82) is 0 Å². The van der Waals surface area contributed by atoms with Gasteiger partial charge in [-0.2, -0.15) is 5.10 Å². The van der Waals surface area contributed by atoms with Gasteiger partial charge in [-0.3, -0.25) is 4.68 Å². The summed E-state index contributed by atoms with van der Waals surface area (Å²) >= 11 is 5.68. The Bertz CT molecular complexity index is 593. The molecule has 0 aliphatic heterocycles. The first-order valence-electron chi connectivity index (χ1n) is 6.66. The molecule has 0 aliphatic rings. The molecule has 2 aromatic rings. The molecular formula is C15H19ClFN3. The van der Waals surface area contributed by atoms with Crippen molar-refractivity contribution >= 4 is 11.6 Å². The third-order valence-electron chi connectivity index (χ3n) is 3.22. The predicted molar refractivity (Wildman–Crippen MR) is 79.5 cm³/mol. The fourth-order valence-corrected chi connectivity index (χ4v) is 2.06. The maximum Gasteiger partial charge on any atom is 0.142 e. The van der Waals surface area contributed by atoms with Crippen molar-refractivity contribution in [1.82, 2.24) is 15.1 Å². The third-order valence-corrected chi connectivity index (χ3v) is 3.53. The normalized spacial score (nSPS) is 11.3. The number of halogens is 2. The van der Waals surface area contributed by atoms with Crippen molar-refractivity contribution in [2.45, 2.75) is 39.9 Å². The number of hydrogen-bond acceptors (Lipinski definition) is 2. The monoisotopic (exact) mass is 295 g/mol. The van der Waals surface area contributed by atoms with Gasteiger partial charge in [-0.05, 0) is 24.6 Å². The standard InChI is InChI=1S/C15H19ClFN3/c1-10(2)18-7-13-8-19-20(11(13)3)9-12-4-5-14(16)15(17)6-12/h4-6,8,10,18H,7,9H2,1-3H3. The Labute approximate surface area is 123 Å². The van der Waals surface area contributed by atoms with Gasteiger partial charge in [0.1, 0.15) is 5.82 Å². The Morgan fingerprint density at radius 1 is 1.40 bits per heavy atom. The van der Waals surface area contributed by atoms with E-state index in [1.807, 2.05) is 23.9 Å². The predicted octanol–water partition coefficient (Wildman–Crippen LogP) is 3.53. The lowest BCUT2D eigenvalue weighted by Gasteiger charge is -2.09. The summed E-state index contributed by atoms with van der Waals surface area (Å²) in [4.78, 5) is 0. The molecule has 0 atom stereocenters. The molecule has 0 saturated carbocycles. The van der Waals surface area contributed by atoms with E-state index in [0.29, 0.717) is 12.6 Å². The van der Waals surface area contributed by atoms with Crippen molar-refractivity contribution in [3.63, 3.8) is 0 Å². The van der Waals surface area contributed by atoms with E-state index in [0.717, 1.165) is 23.4 Å². The van der Waals surface area contributed by atoms with E-state index >= 15 is 0 Å². The van der Waals surface area contributed by atoms with Crippen molar-refractivity contribution in [2.24, 2.45) is 0 Å². The summed E-state index contributed by atoms with van der Waals surface area (Å²) in [5, 5.41) is 7.87. The van der Waals surface area contributed by atoms with Crippen LogP contribution in [0.2, 0.25) is 5.02 Å². The van der Waals surface area contributed by atoms with Gasteiger partial charge >= 0.3 is 0 Å². The smallest absolute Gasteiger partial charge is 0.142 e. The maximum atomic E-state index is 13.4. The van der Waals surface area contributed by atoms with Crippen molar-refractivity contribution in [3.8, 4) is 0 Å². The Hall–Kier alpha value is -1.39. The number of nitrogens with one attached hydrogen (secondary N) is 1. The van der Waals surface area contributed by atoms with Gasteiger partial charge in [-0.1, -0.05) is 31.5 Å². The highest BCUT2D eigenvalue weighted by Crippen LogP contribution is 2.17. The summed E-state index contributed by atoms with van der Waals surface area (Å²) in [5.74, 6) is -0.393. The van der Waals surface area contributed by atoms with E-state index in [4.69, 9.17) is 11.6 Å². The molecule has 0 fully saturated rings. The van der Waals surface area contributed by atoms with Gasteiger partial charge in [0.25, 0.3) is 0 Å². The minimum absolute atomic E-state index is 0.146. The van der Waals surface area contributed by atoms with Crippen LogP contribution in [0.25, 0.3) is 0 Å². The van der Waals surface area contributed by atoms with Crippen molar-refractivity contribution in [2.75, 3.05) is 0 Å². The molecule has 0 saturated heterocycles. The Morgan fingerprint density at radius 2 is 2.15 bits per heavy atom. The highest BCUT2D eigenvalue weighted by atomic mass is 35.5. The molecule has 0 radical (unpaired) electrons. The van der Waals surface area contributed by atoms with E-state index in [2.05, 4.69) is 24.3 Å². The van der Waals surface area contributed by atoms with E-state index in [1.165, 1.54) is 6.07 Å². The molecule has 1 aromatic heterocycles. The van der Waals surface area contributed by atoms with Crippen LogP contribution < -0.4 is 5.32 Å². The average Bonchev–Trinajstić information content (AvgIpc) is 2.73. The zero-order valence-corrected chi connectivity index (χ0v) is 12.7. The van der Waals surface area contributed by atoms with Crippen LogP contribution in [0.15, 0.2) is 24.4 Å². The van der Waals surface area contributed by atoms with Crippen molar-refractivity contribution in [3.05, 3.63) is 52.1 Å². The van der Waals surface area contributed by atoms with E-state index in [1.54, 1.807) is 6.07 Å². The summed E-state index contributed by atoms with van der Waals surface area (Å²) in [6.45, 7) is 7.57. The first kappa shape index (κ1) is 15.0. The third kappa shape index (κ3) is 3.58. The number of aromatic nitrogens is 2. The highest BCUT2D eigenvalue weighted by molar-refractivity contribution is 6.30. The molecule has 3 nitrogen and oxygen atoms in total. The molecule has 0 unspecified atom stereocenters. The summed E-state index contributed by atoms with van der Waals surface area (Å²) in [6.07, 6.45) is 1.86. The van der Waals surface area contributed by atoms with E-state index in [-0.39, 0.29) is 5.02 Å². The summed E-state index contributed by atoms with van der Waals surface area (Å²) in [7, 11) is 0. The van der Waals surface area contributed by atoms with Crippen LogP contribution >= 0.6 is 11.6 Å².